The van der Waals surface area contributed by atoms with E-state index in [1.807, 2.05) is 44.2 Å². The van der Waals surface area contributed by atoms with Gasteiger partial charge in [0.25, 0.3) is 5.56 Å². The Bertz CT molecular complexity index is 699. The molecular formula is C17H19NO2. The van der Waals surface area contributed by atoms with E-state index in [2.05, 4.69) is 6.58 Å². The number of aryl methyl sites for hydroxylation is 2. The molecule has 3 nitrogen and oxygen atoms in total. The highest BCUT2D eigenvalue weighted by atomic mass is 16.5. The lowest BCUT2D eigenvalue weighted by molar-refractivity contribution is 0.363. The van der Waals surface area contributed by atoms with E-state index in [0.717, 1.165) is 28.1 Å². The molecule has 0 N–H and O–H groups in total. The van der Waals surface area contributed by atoms with Crippen LogP contribution in [0.4, 0.5) is 0 Å². The maximum atomic E-state index is 12.0. The second kappa shape index (κ2) is 5.78. The predicted molar refractivity (Wildman–Crippen MR) is 82.3 cm³/mol. The Morgan fingerprint density at radius 2 is 1.95 bits per heavy atom. The first-order chi connectivity index (χ1) is 9.54. The summed E-state index contributed by atoms with van der Waals surface area (Å²) in [5.41, 5.74) is 3.81. The summed E-state index contributed by atoms with van der Waals surface area (Å²) in [5, 5.41) is 0. The van der Waals surface area contributed by atoms with Crippen LogP contribution in [0, 0.1) is 13.8 Å². The molecule has 1 heterocycles. The predicted octanol–water partition coefficient (Wildman–Crippen LogP) is 3.23. The van der Waals surface area contributed by atoms with E-state index in [9.17, 15) is 4.79 Å². The highest BCUT2D eigenvalue weighted by molar-refractivity contribution is 5.65. The van der Waals surface area contributed by atoms with Gasteiger partial charge in [-0.1, -0.05) is 18.7 Å². The van der Waals surface area contributed by atoms with Crippen molar-refractivity contribution in [2.24, 2.45) is 7.05 Å². The van der Waals surface area contributed by atoms with Crippen LogP contribution < -0.4 is 10.3 Å². The van der Waals surface area contributed by atoms with Gasteiger partial charge in [0.05, 0.1) is 5.69 Å². The van der Waals surface area contributed by atoms with E-state index in [1.54, 1.807) is 17.7 Å². The molecule has 0 atom stereocenters. The van der Waals surface area contributed by atoms with Gasteiger partial charge >= 0.3 is 0 Å². The van der Waals surface area contributed by atoms with Crippen molar-refractivity contribution in [1.82, 2.24) is 4.57 Å². The molecule has 0 fully saturated rings. The molecule has 0 aliphatic heterocycles. The second-order valence-electron chi connectivity index (χ2n) is 4.84. The zero-order valence-electron chi connectivity index (χ0n) is 12.1. The minimum absolute atomic E-state index is 0.0360. The van der Waals surface area contributed by atoms with E-state index >= 15 is 0 Å². The Hall–Kier alpha value is -2.29. The molecule has 0 saturated heterocycles. The van der Waals surface area contributed by atoms with Crippen LogP contribution in [0.25, 0.3) is 11.3 Å². The maximum Gasteiger partial charge on any atom is 0.253 e. The molecule has 0 amide bonds. The molecule has 0 bridgehead atoms. The summed E-state index contributed by atoms with van der Waals surface area (Å²) < 4.78 is 7.20. The molecule has 104 valence electrons. The smallest absolute Gasteiger partial charge is 0.253 e. The standard InChI is InChI=1S/C17H19NO2/c1-5-10-20-14-7-8-15(13(3)11-14)16-9-6-12(2)17(19)18(16)4/h5-9,11H,1,10H2,2-4H3. The van der Waals surface area contributed by atoms with E-state index in [-0.39, 0.29) is 5.56 Å². The molecule has 0 spiro atoms. The van der Waals surface area contributed by atoms with Gasteiger partial charge in [-0.15, -0.1) is 0 Å². The Morgan fingerprint density at radius 1 is 1.20 bits per heavy atom. The Labute approximate surface area is 119 Å². The zero-order chi connectivity index (χ0) is 14.7. The largest absolute Gasteiger partial charge is 0.490 e. The molecule has 0 aliphatic rings. The molecule has 20 heavy (non-hydrogen) atoms. The summed E-state index contributed by atoms with van der Waals surface area (Å²) >= 11 is 0. The molecule has 0 unspecified atom stereocenters. The van der Waals surface area contributed by atoms with Crippen LogP contribution in [0.15, 0.2) is 47.8 Å². The number of nitrogens with zero attached hydrogens (tertiary/aromatic N) is 1. The lowest BCUT2D eigenvalue weighted by atomic mass is 10.0. The van der Waals surface area contributed by atoms with Gasteiger partial charge in [0.2, 0.25) is 0 Å². The minimum atomic E-state index is 0.0360. The maximum absolute atomic E-state index is 12.0. The third-order valence-corrected chi connectivity index (χ3v) is 3.34. The topological polar surface area (TPSA) is 31.2 Å². The van der Waals surface area contributed by atoms with Crippen molar-refractivity contribution < 1.29 is 4.74 Å². The summed E-state index contributed by atoms with van der Waals surface area (Å²) in [5.74, 6) is 0.809. The number of hydrogen-bond acceptors (Lipinski definition) is 2. The zero-order valence-corrected chi connectivity index (χ0v) is 12.1. The second-order valence-corrected chi connectivity index (χ2v) is 4.84. The first kappa shape index (κ1) is 14.1. The fourth-order valence-electron chi connectivity index (χ4n) is 2.20. The average molecular weight is 269 g/mol. The highest BCUT2D eigenvalue weighted by Gasteiger charge is 2.08. The number of rotatable bonds is 4. The van der Waals surface area contributed by atoms with Crippen LogP contribution in [-0.4, -0.2) is 11.2 Å². The van der Waals surface area contributed by atoms with Crippen LogP contribution in [0.1, 0.15) is 11.1 Å². The molecule has 1 aromatic heterocycles. The van der Waals surface area contributed by atoms with Gasteiger partial charge in [0.15, 0.2) is 0 Å². The quantitative estimate of drug-likeness (QED) is 0.798. The number of hydrogen-bond donors (Lipinski definition) is 0. The van der Waals surface area contributed by atoms with Crippen molar-refractivity contribution in [3.63, 3.8) is 0 Å². The SMILES string of the molecule is C=CCOc1ccc(-c2ccc(C)c(=O)n2C)c(C)c1. The van der Waals surface area contributed by atoms with E-state index in [4.69, 9.17) is 4.74 Å². The number of pyridine rings is 1. The van der Waals surface area contributed by atoms with Crippen LogP contribution in [0.2, 0.25) is 0 Å². The Morgan fingerprint density at radius 3 is 2.60 bits per heavy atom. The van der Waals surface area contributed by atoms with Gasteiger partial charge in [-0.3, -0.25) is 4.79 Å². The third-order valence-electron chi connectivity index (χ3n) is 3.34. The van der Waals surface area contributed by atoms with Gasteiger partial charge in [-0.25, -0.2) is 0 Å². The lowest BCUT2D eigenvalue weighted by Gasteiger charge is -2.13. The average Bonchev–Trinajstić information content (AvgIpc) is 2.44. The number of ether oxygens (including phenoxy) is 1. The van der Waals surface area contributed by atoms with Crippen molar-refractivity contribution in [3.8, 4) is 17.0 Å². The first-order valence-corrected chi connectivity index (χ1v) is 6.56. The molecule has 0 aliphatic carbocycles. The molecule has 2 rings (SSSR count). The van der Waals surface area contributed by atoms with Gasteiger partial charge in [-0.2, -0.15) is 0 Å². The molecule has 0 saturated carbocycles. The van der Waals surface area contributed by atoms with Gasteiger partial charge < -0.3 is 9.30 Å². The van der Waals surface area contributed by atoms with Crippen LogP contribution >= 0.6 is 0 Å². The first-order valence-electron chi connectivity index (χ1n) is 6.56. The lowest BCUT2D eigenvalue weighted by Crippen LogP contribution is -2.20. The third kappa shape index (κ3) is 2.67. The molecular weight excluding hydrogens is 250 g/mol. The molecule has 3 heteroatoms. The summed E-state index contributed by atoms with van der Waals surface area (Å²) in [6.45, 7) is 7.96. The van der Waals surface area contributed by atoms with Gasteiger partial charge in [-0.05, 0) is 43.7 Å². The van der Waals surface area contributed by atoms with Crippen molar-refractivity contribution in [2.45, 2.75) is 13.8 Å². The Balaban J connectivity index is 2.46. The summed E-state index contributed by atoms with van der Waals surface area (Å²) in [6.07, 6.45) is 1.72. The minimum Gasteiger partial charge on any atom is -0.490 e. The number of aromatic nitrogens is 1. The Kier molecular flexibility index (Phi) is 4.08. The van der Waals surface area contributed by atoms with Crippen molar-refractivity contribution in [1.29, 1.82) is 0 Å². The highest BCUT2D eigenvalue weighted by Crippen LogP contribution is 2.26. The number of benzene rings is 1. The molecule has 1 aromatic carbocycles. The summed E-state index contributed by atoms with van der Waals surface area (Å²) in [7, 11) is 1.80. The van der Waals surface area contributed by atoms with E-state index in [0.29, 0.717) is 6.61 Å². The van der Waals surface area contributed by atoms with Crippen LogP contribution in [0.5, 0.6) is 5.75 Å². The fraction of sp³-hybridized carbons (Fsp3) is 0.235. The summed E-state index contributed by atoms with van der Waals surface area (Å²) in [4.78, 5) is 12.0. The van der Waals surface area contributed by atoms with Gasteiger partial charge in [0, 0.05) is 18.2 Å². The van der Waals surface area contributed by atoms with Crippen molar-refractivity contribution >= 4 is 0 Å². The van der Waals surface area contributed by atoms with Crippen LogP contribution in [0.3, 0.4) is 0 Å². The summed E-state index contributed by atoms with van der Waals surface area (Å²) in [6, 6.07) is 9.71. The van der Waals surface area contributed by atoms with Gasteiger partial charge in [0.1, 0.15) is 12.4 Å². The van der Waals surface area contributed by atoms with Crippen LogP contribution in [-0.2, 0) is 7.05 Å². The molecule has 2 aromatic rings. The fourth-order valence-corrected chi connectivity index (χ4v) is 2.20. The van der Waals surface area contributed by atoms with E-state index in [1.165, 1.54) is 0 Å². The normalized spacial score (nSPS) is 10.3. The van der Waals surface area contributed by atoms with E-state index < -0.39 is 0 Å². The van der Waals surface area contributed by atoms with Crippen molar-refractivity contribution in [2.75, 3.05) is 6.61 Å². The van der Waals surface area contributed by atoms with Crippen molar-refractivity contribution in [3.05, 3.63) is 64.5 Å². The monoisotopic (exact) mass is 269 g/mol. The molecule has 0 radical (unpaired) electrons.